The van der Waals surface area contributed by atoms with Gasteiger partial charge in [0.25, 0.3) is 0 Å². The summed E-state index contributed by atoms with van der Waals surface area (Å²) in [5.74, 6) is -0.244. The Morgan fingerprint density at radius 1 is 1.14 bits per heavy atom. The van der Waals surface area contributed by atoms with Crippen LogP contribution in [0.3, 0.4) is 0 Å². The molecule has 1 N–H and O–H groups in total. The van der Waals surface area contributed by atoms with E-state index in [9.17, 15) is 9.50 Å². The number of nitrogens with zero attached hydrogens (tertiary/aromatic N) is 2. The van der Waals surface area contributed by atoms with Gasteiger partial charge >= 0.3 is 0 Å². The smallest absolute Gasteiger partial charge is 0.123 e. The Morgan fingerprint density at radius 2 is 1.86 bits per heavy atom. The van der Waals surface area contributed by atoms with Crippen molar-refractivity contribution in [2.24, 2.45) is 0 Å². The summed E-state index contributed by atoms with van der Waals surface area (Å²) in [6.07, 6.45) is 3.38. The van der Waals surface area contributed by atoms with Gasteiger partial charge in [-0.3, -0.25) is 0 Å². The van der Waals surface area contributed by atoms with Gasteiger partial charge in [-0.25, -0.2) is 9.37 Å². The molecule has 0 unspecified atom stereocenters. The van der Waals surface area contributed by atoms with E-state index in [2.05, 4.69) is 11.9 Å². The van der Waals surface area contributed by atoms with Crippen molar-refractivity contribution in [1.29, 1.82) is 0 Å². The van der Waals surface area contributed by atoms with E-state index >= 15 is 0 Å². The quantitative estimate of drug-likeness (QED) is 0.795. The first kappa shape index (κ1) is 14.5. The molecular formula is C18H17FN2O. The van der Waals surface area contributed by atoms with Crippen LogP contribution in [0.2, 0.25) is 0 Å². The van der Waals surface area contributed by atoms with Gasteiger partial charge in [0.2, 0.25) is 0 Å². The van der Waals surface area contributed by atoms with Crippen molar-refractivity contribution in [1.82, 2.24) is 9.55 Å². The number of imidazole rings is 1. The van der Waals surface area contributed by atoms with E-state index < -0.39 is 0 Å². The minimum absolute atomic E-state index is 0.0194. The molecule has 0 aliphatic heterocycles. The van der Waals surface area contributed by atoms with E-state index in [0.29, 0.717) is 0 Å². The Labute approximate surface area is 128 Å². The second-order valence-electron chi connectivity index (χ2n) is 5.22. The van der Waals surface area contributed by atoms with Crippen LogP contribution in [0.1, 0.15) is 24.2 Å². The molecule has 112 valence electrons. The molecule has 3 aromatic rings. The van der Waals surface area contributed by atoms with E-state index in [1.54, 1.807) is 24.7 Å². The van der Waals surface area contributed by atoms with Crippen LogP contribution in [0.25, 0.3) is 11.1 Å². The second kappa shape index (κ2) is 6.12. The number of hydrogen-bond acceptors (Lipinski definition) is 2. The summed E-state index contributed by atoms with van der Waals surface area (Å²) >= 11 is 0. The monoisotopic (exact) mass is 296 g/mol. The fourth-order valence-electron chi connectivity index (χ4n) is 2.71. The normalized spacial score (nSPS) is 12.3. The zero-order chi connectivity index (χ0) is 15.5. The molecule has 0 saturated heterocycles. The number of benzene rings is 2. The second-order valence-corrected chi connectivity index (χ2v) is 5.22. The number of aromatic nitrogens is 2. The highest BCUT2D eigenvalue weighted by Gasteiger charge is 2.15. The zero-order valence-electron chi connectivity index (χ0n) is 12.3. The molecule has 0 aliphatic carbocycles. The molecule has 1 atom stereocenters. The van der Waals surface area contributed by atoms with Crippen molar-refractivity contribution in [2.75, 3.05) is 0 Å². The molecule has 2 aromatic carbocycles. The Hall–Kier alpha value is -2.46. The first-order valence-corrected chi connectivity index (χ1v) is 7.17. The molecule has 1 aromatic heterocycles. The van der Waals surface area contributed by atoms with Crippen LogP contribution in [0.15, 0.2) is 61.1 Å². The lowest BCUT2D eigenvalue weighted by molar-refractivity contribution is 0.269. The largest absolute Gasteiger partial charge is 0.390 e. The first-order valence-electron chi connectivity index (χ1n) is 7.17. The van der Waals surface area contributed by atoms with Gasteiger partial charge in [-0.15, -0.1) is 0 Å². The molecule has 0 spiro atoms. The van der Waals surface area contributed by atoms with Gasteiger partial charge in [0, 0.05) is 0 Å². The zero-order valence-corrected chi connectivity index (χ0v) is 12.3. The molecule has 3 rings (SSSR count). The summed E-state index contributed by atoms with van der Waals surface area (Å²) in [5, 5.41) is 9.42. The summed E-state index contributed by atoms with van der Waals surface area (Å²) in [6, 6.07) is 14.5. The van der Waals surface area contributed by atoms with Crippen molar-refractivity contribution >= 4 is 0 Å². The van der Waals surface area contributed by atoms with E-state index in [-0.39, 0.29) is 18.5 Å². The van der Waals surface area contributed by atoms with E-state index in [4.69, 9.17) is 0 Å². The van der Waals surface area contributed by atoms with Gasteiger partial charge in [-0.1, -0.05) is 36.4 Å². The van der Waals surface area contributed by atoms with Crippen LogP contribution in [-0.4, -0.2) is 14.7 Å². The van der Waals surface area contributed by atoms with Crippen molar-refractivity contribution in [3.63, 3.8) is 0 Å². The summed E-state index contributed by atoms with van der Waals surface area (Å²) in [5.41, 5.74) is 3.88. The SMILES string of the molecule is C[C@@H](c1ccccc1-c1ccc(F)cc1)n1cncc1CO. The van der Waals surface area contributed by atoms with Crippen molar-refractivity contribution in [3.05, 3.63) is 78.1 Å². The first-order chi connectivity index (χ1) is 10.7. The fourth-order valence-corrected chi connectivity index (χ4v) is 2.71. The number of halogens is 1. The predicted octanol–water partition coefficient (Wildman–Crippen LogP) is 3.79. The molecule has 3 nitrogen and oxygen atoms in total. The molecule has 4 heteroatoms. The summed E-state index contributed by atoms with van der Waals surface area (Å²) in [6.45, 7) is 2.01. The lowest BCUT2D eigenvalue weighted by Gasteiger charge is -2.20. The molecular weight excluding hydrogens is 279 g/mol. The third-order valence-corrected chi connectivity index (χ3v) is 3.89. The average Bonchev–Trinajstić information content (AvgIpc) is 3.03. The van der Waals surface area contributed by atoms with Crippen LogP contribution < -0.4 is 0 Å². The number of aliphatic hydroxyl groups is 1. The Bertz CT molecular complexity index is 765. The molecule has 0 fully saturated rings. The summed E-state index contributed by atoms with van der Waals surface area (Å²) in [4.78, 5) is 4.11. The van der Waals surface area contributed by atoms with Crippen LogP contribution in [0.4, 0.5) is 4.39 Å². The Morgan fingerprint density at radius 3 is 2.59 bits per heavy atom. The number of aliphatic hydroxyl groups excluding tert-OH is 1. The maximum absolute atomic E-state index is 13.1. The van der Waals surface area contributed by atoms with Crippen LogP contribution in [-0.2, 0) is 6.61 Å². The maximum Gasteiger partial charge on any atom is 0.123 e. The van der Waals surface area contributed by atoms with Gasteiger partial charge in [-0.05, 0) is 35.7 Å². The Kier molecular flexibility index (Phi) is 4.02. The Balaban J connectivity index is 2.06. The summed E-state index contributed by atoms with van der Waals surface area (Å²) < 4.78 is 15.1. The van der Waals surface area contributed by atoms with Gasteiger partial charge in [0.1, 0.15) is 5.82 Å². The highest BCUT2D eigenvalue weighted by molar-refractivity contribution is 5.68. The van der Waals surface area contributed by atoms with Gasteiger partial charge in [0.05, 0.1) is 30.9 Å². The lowest BCUT2D eigenvalue weighted by Crippen LogP contribution is -2.10. The van der Waals surface area contributed by atoms with E-state index in [0.717, 1.165) is 22.4 Å². The van der Waals surface area contributed by atoms with Crippen LogP contribution in [0, 0.1) is 5.82 Å². The predicted molar refractivity (Wildman–Crippen MR) is 83.8 cm³/mol. The number of rotatable bonds is 4. The molecule has 0 amide bonds. The minimum Gasteiger partial charge on any atom is -0.390 e. The van der Waals surface area contributed by atoms with E-state index in [1.807, 2.05) is 28.8 Å². The molecule has 1 heterocycles. The molecule has 0 saturated carbocycles. The van der Waals surface area contributed by atoms with Gasteiger partial charge < -0.3 is 9.67 Å². The topological polar surface area (TPSA) is 38.0 Å². The highest BCUT2D eigenvalue weighted by atomic mass is 19.1. The van der Waals surface area contributed by atoms with Crippen LogP contribution in [0.5, 0.6) is 0 Å². The lowest BCUT2D eigenvalue weighted by atomic mass is 9.95. The number of hydrogen-bond donors (Lipinski definition) is 1. The molecule has 0 aliphatic rings. The molecule has 22 heavy (non-hydrogen) atoms. The standard InChI is InChI=1S/C18H17FN2O/c1-13(21-12-20-10-16(21)11-22)17-4-2-3-5-18(17)14-6-8-15(19)9-7-14/h2-10,12-13,22H,11H2,1H3/t13-/m0/s1. The van der Waals surface area contributed by atoms with E-state index in [1.165, 1.54) is 12.1 Å². The van der Waals surface area contributed by atoms with Crippen molar-refractivity contribution in [2.45, 2.75) is 19.6 Å². The molecule has 0 radical (unpaired) electrons. The highest BCUT2D eigenvalue weighted by Crippen LogP contribution is 2.30. The van der Waals surface area contributed by atoms with Crippen molar-refractivity contribution in [3.8, 4) is 11.1 Å². The third-order valence-electron chi connectivity index (χ3n) is 3.89. The minimum atomic E-state index is -0.244. The maximum atomic E-state index is 13.1. The summed E-state index contributed by atoms with van der Waals surface area (Å²) in [7, 11) is 0. The van der Waals surface area contributed by atoms with Crippen LogP contribution >= 0.6 is 0 Å². The third kappa shape index (κ3) is 2.65. The van der Waals surface area contributed by atoms with Crippen molar-refractivity contribution < 1.29 is 9.50 Å². The average molecular weight is 296 g/mol. The molecule has 0 bridgehead atoms. The van der Waals surface area contributed by atoms with Gasteiger partial charge in [0.15, 0.2) is 0 Å². The fraction of sp³-hybridized carbons (Fsp3) is 0.167. The van der Waals surface area contributed by atoms with Gasteiger partial charge in [-0.2, -0.15) is 0 Å².